The van der Waals surface area contributed by atoms with E-state index in [2.05, 4.69) is 40.4 Å². The molecule has 0 aliphatic carbocycles. The number of nitrogens with zero attached hydrogens (tertiary/aromatic N) is 2. The first kappa shape index (κ1) is 14.8. The number of fused-ring (bicyclic) bond motifs is 1. The molecule has 0 fully saturated rings. The Bertz CT molecular complexity index is 487. The lowest BCUT2D eigenvalue weighted by Crippen LogP contribution is -2.47. The molecule has 1 aliphatic heterocycles. The van der Waals surface area contributed by atoms with Gasteiger partial charge in [0.15, 0.2) is 0 Å². The van der Waals surface area contributed by atoms with Crippen LogP contribution in [0.15, 0.2) is 23.2 Å². The van der Waals surface area contributed by atoms with Crippen LogP contribution in [0.2, 0.25) is 0 Å². The Balaban J connectivity index is 2.28. The van der Waals surface area contributed by atoms with E-state index in [1.165, 1.54) is 16.8 Å². The van der Waals surface area contributed by atoms with Crippen molar-refractivity contribution in [2.24, 2.45) is 10.8 Å². The van der Waals surface area contributed by atoms with Crippen molar-refractivity contribution in [1.29, 1.82) is 0 Å². The van der Waals surface area contributed by atoms with E-state index in [0.717, 1.165) is 19.4 Å². The van der Waals surface area contributed by atoms with Crippen molar-refractivity contribution >= 4 is 11.6 Å². The molecule has 0 saturated heterocycles. The third kappa shape index (κ3) is 3.29. The van der Waals surface area contributed by atoms with Gasteiger partial charge in [-0.3, -0.25) is 5.43 Å². The number of nitrogens with one attached hydrogen (secondary N) is 1. The van der Waals surface area contributed by atoms with Crippen LogP contribution in [-0.2, 0) is 11.2 Å². The average molecular weight is 276 g/mol. The Labute approximate surface area is 120 Å². The summed E-state index contributed by atoms with van der Waals surface area (Å²) >= 11 is 0. The molecule has 20 heavy (non-hydrogen) atoms. The van der Waals surface area contributed by atoms with Gasteiger partial charge in [-0.15, -0.1) is 0 Å². The summed E-state index contributed by atoms with van der Waals surface area (Å²) in [6, 6.07) is 6.59. The van der Waals surface area contributed by atoms with Crippen LogP contribution in [0.25, 0.3) is 0 Å². The zero-order valence-corrected chi connectivity index (χ0v) is 12.5. The number of guanidine groups is 1. The Morgan fingerprint density at radius 2 is 2.35 bits per heavy atom. The van der Waals surface area contributed by atoms with Crippen LogP contribution in [0.1, 0.15) is 24.5 Å². The number of methoxy groups -OCH3 is 1. The lowest BCUT2D eigenvalue weighted by molar-refractivity contribution is 0.185. The van der Waals surface area contributed by atoms with Gasteiger partial charge in [0.2, 0.25) is 5.96 Å². The number of hydrogen-bond donors (Lipinski definition) is 2. The van der Waals surface area contributed by atoms with Gasteiger partial charge in [-0.25, -0.2) is 10.8 Å². The highest BCUT2D eigenvalue weighted by atomic mass is 16.5. The van der Waals surface area contributed by atoms with E-state index in [0.29, 0.717) is 12.6 Å². The maximum atomic E-state index is 5.67. The Morgan fingerprint density at radius 1 is 1.55 bits per heavy atom. The van der Waals surface area contributed by atoms with Gasteiger partial charge in [-0.05, 0) is 38.3 Å². The zero-order valence-electron chi connectivity index (χ0n) is 12.5. The number of ether oxygens (including phenoxy) is 1. The highest BCUT2D eigenvalue weighted by Gasteiger charge is 2.21. The normalized spacial score (nSPS) is 16.8. The van der Waals surface area contributed by atoms with Crippen LogP contribution in [0.3, 0.4) is 0 Å². The SMILES string of the molecule is COCC(C)N=C(NN)N1CCCc2cc(C)ccc21. The molecule has 110 valence electrons. The molecule has 3 N–H and O–H groups in total. The highest BCUT2D eigenvalue weighted by Crippen LogP contribution is 2.28. The molecule has 1 aromatic carbocycles. The predicted molar refractivity (Wildman–Crippen MR) is 82.9 cm³/mol. The third-order valence-corrected chi connectivity index (χ3v) is 3.49. The van der Waals surface area contributed by atoms with Crippen molar-refractivity contribution in [2.45, 2.75) is 32.7 Å². The van der Waals surface area contributed by atoms with Crippen LogP contribution in [0.4, 0.5) is 5.69 Å². The molecule has 0 bridgehead atoms. The van der Waals surface area contributed by atoms with Gasteiger partial charge in [0, 0.05) is 19.3 Å². The van der Waals surface area contributed by atoms with Crippen molar-refractivity contribution in [1.82, 2.24) is 5.43 Å². The summed E-state index contributed by atoms with van der Waals surface area (Å²) in [6.07, 6.45) is 2.22. The minimum atomic E-state index is 0.0712. The van der Waals surface area contributed by atoms with Gasteiger partial charge < -0.3 is 9.64 Å². The molecule has 1 aromatic rings. The molecule has 1 atom stereocenters. The molecule has 1 aliphatic rings. The summed E-state index contributed by atoms with van der Waals surface area (Å²) < 4.78 is 5.13. The van der Waals surface area contributed by atoms with Crippen LogP contribution in [0.5, 0.6) is 0 Å². The molecule has 0 amide bonds. The number of benzene rings is 1. The Morgan fingerprint density at radius 3 is 3.05 bits per heavy atom. The quantitative estimate of drug-likeness (QED) is 0.381. The van der Waals surface area contributed by atoms with E-state index in [4.69, 9.17) is 10.6 Å². The standard InChI is InChI=1S/C15H24N4O/c1-11-6-7-14-13(9-11)5-4-8-19(14)15(18-16)17-12(2)10-20-3/h6-7,9,12H,4-5,8,10,16H2,1-3H3,(H,17,18). The van der Waals surface area contributed by atoms with Crippen LogP contribution >= 0.6 is 0 Å². The van der Waals surface area contributed by atoms with Crippen LogP contribution in [-0.4, -0.2) is 32.3 Å². The number of hydrogen-bond acceptors (Lipinski definition) is 3. The first-order valence-electron chi connectivity index (χ1n) is 7.06. The monoisotopic (exact) mass is 276 g/mol. The predicted octanol–water partition coefficient (Wildman–Crippen LogP) is 1.60. The van der Waals surface area contributed by atoms with Gasteiger partial charge in [-0.2, -0.15) is 0 Å². The number of aliphatic imine (C=N–C) groups is 1. The van der Waals surface area contributed by atoms with Gasteiger partial charge in [0.05, 0.1) is 12.6 Å². The fourth-order valence-electron chi connectivity index (χ4n) is 2.62. The van der Waals surface area contributed by atoms with Crippen LogP contribution < -0.4 is 16.2 Å². The van der Waals surface area contributed by atoms with Crippen molar-refractivity contribution in [2.75, 3.05) is 25.2 Å². The summed E-state index contributed by atoms with van der Waals surface area (Å²) in [5.74, 6) is 6.38. The smallest absolute Gasteiger partial charge is 0.213 e. The van der Waals surface area contributed by atoms with Gasteiger partial charge in [-0.1, -0.05) is 17.7 Å². The van der Waals surface area contributed by atoms with E-state index in [1.54, 1.807) is 7.11 Å². The summed E-state index contributed by atoms with van der Waals surface area (Å²) in [5, 5.41) is 0. The number of rotatable bonds is 3. The summed E-state index contributed by atoms with van der Waals surface area (Å²) in [6.45, 7) is 5.65. The van der Waals surface area contributed by atoms with Gasteiger partial charge in [0.1, 0.15) is 0 Å². The molecule has 5 nitrogen and oxygen atoms in total. The van der Waals surface area contributed by atoms with E-state index in [9.17, 15) is 0 Å². The molecule has 0 spiro atoms. The molecule has 0 saturated carbocycles. The minimum Gasteiger partial charge on any atom is -0.382 e. The lowest BCUT2D eigenvalue weighted by Gasteiger charge is -2.32. The topological polar surface area (TPSA) is 62.9 Å². The second kappa shape index (κ2) is 6.72. The zero-order chi connectivity index (χ0) is 14.5. The van der Waals surface area contributed by atoms with Crippen molar-refractivity contribution < 1.29 is 4.74 Å². The highest BCUT2D eigenvalue weighted by molar-refractivity contribution is 5.97. The molecular weight excluding hydrogens is 252 g/mol. The largest absolute Gasteiger partial charge is 0.382 e. The molecule has 0 radical (unpaired) electrons. The number of aryl methyl sites for hydroxylation is 2. The summed E-state index contributed by atoms with van der Waals surface area (Å²) in [7, 11) is 1.68. The lowest BCUT2D eigenvalue weighted by atomic mass is 10.00. The van der Waals surface area contributed by atoms with Crippen molar-refractivity contribution in [3.05, 3.63) is 29.3 Å². The van der Waals surface area contributed by atoms with Crippen molar-refractivity contribution in [3.63, 3.8) is 0 Å². The second-order valence-electron chi connectivity index (χ2n) is 5.29. The first-order chi connectivity index (χ1) is 9.65. The number of hydrazine groups is 1. The average Bonchev–Trinajstić information content (AvgIpc) is 2.44. The third-order valence-electron chi connectivity index (χ3n) is 3.49. The summed E-state index contributed by atoms with van der Waals surface area (Å²) in [4.78, 5) is 6.77. The molecule has 1 heterocycles. The second-order valence-corrected chi connectivity index (χ2v) is 5.29. The summed E-state index contributed by atoms with van der Waals surface area (Å²) in [5.41, 5.74) is 6.58. The van der Waals surface area contributed by atoms with E-state index < -0.39 is 0 Å². The van der Waals surface area contributed by atoms with E-state index >= 15 is 0 Å². The maximum absolute atomic E-state index is 5.67. The molecule has 1 unspecified atom stereocenters. The fraction of sp³-hybridized carbons (Fsp3) is 0.533. The fourth-order valence-corrected chi connectivity index (χ4v) is 2.62. The van der Waals surface area contributed by atoms with Gasteiger partial charge in [0.25, 0.3) is 0 Å². The van der Waals surface area contributed by atoms with Crippen LogP contribution in [0, 0.1) is 6.92 Å². The van der Waals surface area contributed by atoms with E-state index in [-0.39, 0.29) is 6.04 Å². The van der Waals surface area contributed by atoms with Crippen molar-refractivity contribution in [3.8, 4) is 0 Å². The Hall–Kier alpha value is -1.59. The first-order valence-corrected chi connectivity index (χ1v) is 7.06. The molecule has 5 heteroatoms. The number of nitrogens with two attached hydrogens (primary N) is 1. The van der Waals surface area contributed by atoms with E-state index in [1.807, 2.05) is 6.92 Å². The molecule has 2 rings (SSSR count). The van der Waals surface area contributed by atoms with Gasteiger partial charge >= 0.3 is 0 Å². The maximum Gasteiger partial charge on any atom is 0.213 e. The number of anilines is 1. The minimum absolute atomic E-state index is 0.0712. The molecule has 0 aromatic heterocycles. The Kier molecular flexibility index (Phi) is 4.98. The molecular formula is C15H24N4O.